The van der Waals surface area contributed by atoms with Crippen molar-refractivity contribution in [2.75, 3.05) is 5.75 Å². The van der Waals surface area contributed by atoms with Gasteiger partial charge in [0.05, 0.1) is 5.75 Å². The number of carboxylic acids is 1. The number of carbonyl (C=O) groups is 2. The fourth-order valence-electron chi connectivity index (χ4n) is 1.82. The predicted octanol–water partition coefficient (Wildman–Crippen LogP) is 3.37. The van der Waals surface area contributed by atoms with E-state index in [4.69, 9.17) is 11.6 Å². The molecule has 0 saturated heterocycles. The van der Waals surface area contributed by atoms with Gasteiger partial charge in [0.15, 0.2) is 6.04 Å². The van der Waals surface area contributed by atoms with Gasteiger partial charge < -0.3 is 10.4 Å². The summed E-state index contributed by atoms with van der Waals surface area (Å²) in [6, 6.07) is 14.7. The van der Waals surface area contributed by atoms with Gasteiger partial charge in [0, 0.05) is 9.92 Å². The lowest BCUT2D eigenvalue weighted by molar-refractivity contribution is -0.141. The quantitative estimate of drug-likeness (QED) is 0.794. The number of halogens is 1. The van der Waals surface area contributed by atoms with Gasteiger partial charge >= 0.3 is 5.97 Å². The Balaban J connectivity index is 1.94. The minimum absolute atomic E-state index is 0.137. The van der Waals surface area contributed by atoms with Crippen LogP contribution in [0.4, 0.5) is 0 Å². The van der Waals surface area contributed by atoms with Gasteiger partial charge in [-0.3, -0.25) is 4.79 Å². The molecule has 0 radical (unpaired) electrons. The lowest BCUT2D eigenvalue weighted by Crippen LogP contribution is -2.34. The first kappa shape index (κ1) is 16.4. The second-order valence-corrected chi connectivity index (χ2v) is 5.98. The van der Waals surface area contributed by atoms with Gasteiger partial charge in [0.1, 0.15) is 0 Å². The highest BCUT2D eigenvalue weighted by Crippen LogP contribution is 2.20. The summed E-state index contributed by atoms with van der Waals surface area (Å²) in [7, 11) is 0. The van der Waals surface area contributed by atoms with Crippen LogP contribution in [0.25, 0.3) is 0 Å². The molecule has 0 aliphatic carbocycles. The lowest BCUT2D eigenvalue weighted by atomic mass is 10.1. The molecule has 1 atom stereocenters. The van der Waals surface area contributed by atoms with Crippen LogP contribution >= 0.6 is 23.4 Å². The molecule has 1 unspecified atom stereocenters. The Hall–Kier alpha value is -1.98. The number of thioether (sulfide) groups is 1. The van der Waals surface area contributed by atoms with Crippen LogP contribution in [0.2, 0.25) is 5.02 Å². The van der Waals surface area contributed by atoms with E-state index in [1.165, 1.54) is 11.8 Å². The van der Waals surface area contributed by atoms with Gasteiger partial charge in [-0.1, -0.05) is 41.9 Å². The molecular weight excluding hydrogens is 322 g/mol. The number of benzene rings is 2. The first-order valence-electron chi connectivity index (χ1n) is 6.52. The first-order valence-corrected chi connectivity index (χ1v) is 7.88. The minimum Gasteiger partial charge on any atom is -0.479 e. The molecule has 2 rings (SSSR count). The monoisotopic (exact) mass is 335 g/mol. The van der Waals surface area contributed by atoms with E-state index in [2.05, 4.69) is 5.32 Å². The first-order chi connectivity index (χ1) is 10.6. The van der Waals surface area contributed by atoms with E-state index in [9.17, 15) is 14.7 Å². The lowest BCUT2D eigenvalue weighted by Gasteiger charge is -2.14. The Morgan fingerprint density at radius 3 is 2.32 bits per heavy atom. The average molecular weight is 336 g/mol. The molecule has 0 aliphatic rings. The summed E-state index contributed by atoms with van der Waals surface area (Å²) in [6.07, 6.45) is 0. The van der Waals surface area contributed by atoms with Gasteiger partial charge in [-0.25, -0.2) is 4.79 Å². The van der Waals surface area contributed by atoms with Crippen molar-refractivity contribution in [3.8, 4) is 0 Å². The van der Waals surface area contributed by atoms with E-state index >= 15 is 0 Å². The van der Waals surface area contributed by atoms with Crippen LogP contribution in [0, 0.1) is 0 Å². The summed E-state index contributed by atoms with van der Waals surface area (Å²) >= 11 is 7.11. The molecule has 0 fully saturated rings. The summed E-state index contributed by atoms with van der Waals surface area (Å²) in [6.45, 7) is 0. The summed E-state index contributed by atoms with van der Waals surface area (Å²) < 4.78 is 0. The highest BCUT2D eigenvalue weighted by Gasteiger charge is 2.21. The highest BCUT2D eigenvalue weighted by atomic mass is 35.5. The molecule has 1 amide bonds. The number of amides is 1. The number of carboxylic acid groups (broad SMARTS) is 1. The van der Waals surface area contributed by atoms with Gasteiger partial charge in [-0.05, 0) is 29.8 Å². The average Bonchev–Trinajstić information content (AvgIpc) is 2.52. The van der Waals surface area contributed by atoms with Crippen LogP contribution < -0.4 is 5.32 Å². The van der Waals surface area contributed by atoms with Crippen molar-refractivity contribution in [2.24, 2.45) is 0 Å². The Morgan fingerprint density at radius 2 is 1.73 bits per heavy atom. The van der Waals surface area contributed by atoms with Crippen LogP contribution in [0.5, 0.6) is 0 Å². The molecule has 22 heavy (non-hydrogen) atoms. The van der Waals surface area contributed by atoms with Crippen LogP contribution in [0.15, 0.2) is 59.5 Å². The third-order valence-corrected chi connectivity index (χ3v) is 4.13. The fraction of sp³-hybridized carbons (Fsp3) is 0.125. The molecule has 114 valence electrons. The molecule has 0 bridgehead atoms. The Bertz CT molecular complexity index is 646. The minimum atomic E-state index is -1.09. The van der Waals surface area contributed by atoms with Crippen molar-refractivity contribution in [1.29, 1.82) is 0 Å². The topological polar surface area (TPSA) is 66.4 Å². The second-order valence-electron chi connectivity index (χ2n) is 4.49. The molecule has 0 heterocycles. The summed E-state index contributed by atoms with van der Waals surface area (Å²) in [4.78, 5) is 24.2. The standard InChI is InChI=1S/C16H14ClNO3S/c17-12-6-8-13(9-7-12)22-10-14(19)18-15(16(20)21)11-4-2-1-3-5-11/h1-9,15H,10H2,(H,18,19)(H,20,21). The van der Waals surface area contributed by atoms with Crippen molar-refractivity contribution < 1.29 is 14.7 Å². The second kappa shape index (κ2) is 7.87. The maximum atomic E-state index is 12.0. The molecule has 6 heteroatoms. The third kappa shape index (κ3) is 4.79. The van der Waals surface area contributed by atoms with Crippen molar-refractivity contribution in [1.82, 2.24) is 5.32 Å². The summed E-state index contributed by atoms with van der Waals surface area (Å²) in [5, 5.41) is 12.4. The normalized spacial score (nSPS) is 11.7. The Labute approximate surface area is 137 Å². The van der Waals surface area contributed by atoms with Crippen LogP contribution in [-0.4, -0.2) is 22.7 Å². The molecule has 0 aromatic heterocycles. The number of hydrogen-bond donors (Lipinski definition) is 2. The van der Waals surface area contributed by atoms with Gasteiger partial charge in [-0.15, -0.1) is 11.8 Å². The van der Waals surface area contributed by atoms with E-state index in [1.54, 1.807) is 42.5 Å². The number of carbonyl (C=O) groups excluding carboxylic acids is 1. The summed E-state index contributed by atoms with van der Waals surface area (Å²) in [5.41, 5.74) is 0.542. The molecule has 0 spiro atoms. The molecule has 2 aromatic carbocycles. The van der Waals surface area contributed by atoms with Gasteiger partial charge in [-0.2, -0.15) is 0 Å². The fourth-order valence-corrected chi connectivity index (χ4v) is 2.65. The smallest absolute Gasteiger partial charge is 0.330 e. The zero-order valence-corrected chi connectivity index (χ0v) is 13.1. The molecule has 0 saturated carbocycles. The zero-order valence-electron chi connectivity index (χ0n) is 11.5. The maximum Gasteiger partial charge on any atom is 0.330 e. The molecule has 2 aromatic rings. The highest BCUT2D eigenvalue weighted by molar-refractivity contribution is 8.00. The molecule has 4 nitrogen and oxygen atoms in total. The predicted molar refractivity (Wildman–Crippen MR) is 87.1 cm³/mol. The maximum absolute atomic E-state index is 12.0. The van der Waals surface area contributed by atoms with Gasteiger partial charge in [0.2, 0.25) is 5.91 Å². The van der Waals surface area contributed by atoms with Crippen LogP contribution in [-0.2, 0) is 9.59 Å². The third-order valence-electron chi connectivity index (χ3n) is 2.87. The number of aliphatic carboxylic acids is 1. The van der Waals surface area contributed by atoms with Crippen molar-refractivity contribution in [2.45, 2.75) is 10.9 Å². The number of rotatable bonds is 6. The van der Waals surface area contributed by atoms with Crippen molar-refractivity contribution >= 4 is 35.2 Å². The number of hydrogen-bond acceptors (Lipinski definition) is 3. The molecule has 2 N–H and O–H groups in total. The molecule has 0 aliphatic heterocycles. The van der Waals surface area contributed by atoms with E-state index in [0.717, 1.165) is 4.90 Å². The Morgan fingerprint density at radius 1 is 1.09 bits per heavy atom. The largest absolute Gasteiger partial charge is 0.479 e. The van der Waals surface area contributed by atoms with Crippen molar-refractivity contribution in [3.63, 3.8) is 0 Å². The zero-order chi connectivity index (χ0) is 15.9. The molecular formula is C16H14ClNO3S. The SMILES string of the molecule is O=C(CSc1ccc(Cl)cc1)NC(C(=O)O)c1ccccc1. The van der Waals surface area contributed by atoms with E-state index in [0.29, 0.717) is 10.6 Å². The van der Waals surface area contributed by atoms with Crippen molar-refractivity contribution in [3.05, 3.63) is 65.2 Å². The van der Waals surface area contributed by atoms with Gasteiger partial charge in [0.25, 0.3) is 0 Å². The van der Waals surface area contributed by atoms with E-state index in [1.807, 2.05) is 12.1 Å². The van der Waals surface area contributed by atoms with Crippen LogP contribution in [0.1, 0.15) is 11.6 Å². The van der Waals surface area contributed by atoms with E-state index < -0.39 is 12.0 Å². The van der Waals surface area contributed by atoms with E-state index in [-0.39, 0.29) is 11.7 Å². The number of nitrogens with one attached hydrogen (secondary N) is 1. The van der Waals surface area contributed by atoms with Crippen LogP contribution in [0.3, 0.4) is 0 Å². The Kier molecular flexibility index (Phi) is 5.86. The summed E-state index contributed by atoms with van der Waals surface area (Å²) in [5.74, 6) is -1.29.